The first-order valence-electron chi connectivity index (χ1n) is 6.89. The fraction of sp³-hybridized carbons (Fsp3) is 0.500. The average molecular weight is 275 g/mol. The van der Waals surface area contributed by atoms with Crippen molar-refractivity contribution in [3.63, 3.8) is 0 Å². The molecule has 20 heavy (non-hydrogen) atoms. The summed E-state index contributed by atoms with van der Waals surface area (Å²) in [6.07, 6.45) is 4.92. The van der Waals surface area contributed by atoms with Crippen LogP contribution < -0.4 is 11.1 Å². The summed E-state index contributed by atoms with van der Waals surface area (Å²) >= 11 is 0. The Balaban J connectivity index is 2.34. The van der Waals surface area contributed by atoms with Crippen molar-refractivity contribution < 1.29 is 4.79 Å². The Labute approximate surface area is 118 Å². The maximum atomic E-state index is 12.5. The fourth-order valence-corrected chi connectivity index (χ4v) is 2.19. The Morgan fingerprint density at radius 3 is 2.75 bits per heavy atom. The van der Waals surface area contributed by atoms with Crippen molar-refractivity contribution in [2.24, 2.45) is 5.73 Å². The lowest BCUT2D eigenvalue weighted by atomic mass is 9.92. The molecule has 0 aromatic carbocycles. The average Bonchev–Trinajstić information content (AvgIpc) is 2.88. The van der Waals surface area contributed by atoms with Crippen LogP contribution in [0.25, 0.3) is 5.65 Å². The Morgan fingerprint density at radius 1 is 1.45 bits per heavy atom. The molecule has 0 atom stereocenters. The van der Waals surface area contributed by atoms with E-state index in [4.69, 9.17) is 5.73 Å². The van der Waals surface area contributed by atoms with Gasteiger partial charge in [-0.15, -0.1) is 0 Å². The van der Waals surface area contributed by atoms with Crippen LogP contribution in [0.1, 0.15) is 42.7 Å². The molecule has 6 heteroatoms. The molecule has 0 bridgehead atoms. The van der Waals surface area contributed by atoms with Gasteiger partial charge in [0.15, 0.2) is 5.65 Å². The number of aryl methyl sites for hydroxylation is 1. The number of carbonyl (C=O) groups is 1. The summed E-state index contributed by atoms with van der Waals surface area (Å²) in [5.74, 6) is -0.174. The quantitative estimate of drug-likeness (QED) is 0.861. The van der Waals surface area contributed by atoms with Crippen LogP contribution in [0.2, 0.25) is 0 Å². The molecule has 2 rings (SSSR count). The van der Waals surface area contributed by atoms with Crippen LogP contribution in [0.15, 0.2) is 18.5 Å². The molecular weight excluding hydrogens is 254 g/mol. The molecule has 2 heterocycles. The topological polar surface area (TPSA) is 85.3 Å². The molecule has 3 N–H and O–H groups in total. The molecule has 1 amide bonds. The van der Waals surface area contributed by atoms with Gasteiger partial charge in [0.1, 0.15) is 5.56 Å². The van der Waals surface area contributed by atoms with Gasteiger partial charge in [-0.05, 0) is 25.8 Å². The molecular formula is C14H21N5O. The van der Waals surface area contributed by atoms with Crippen molar-refractivity contribution in [1.82, 2.24) is 19.9 Å². The lowest BCUT2D eigenvalue weighted by molar-refractivity contribution is 0.0897. The molecule has 0 saturated heterocycles. The number of amides is 1. The molecule has 0 aliphatic heterocycles. The van der Waals surface area contributed by atoms with Gasteiger partial charge in [0.2, 0.25) is 0 Å². The van der Waals surface area contributed by atoms with Crippen molar-refractivity contribution in [1.29, 1.82) is 0 Å². The van der Waals surface area contributed by atoms with Gasteiger partial charge in [-0.2, -0.15) is 5.10 Å². The van der Waals surface area contributed by atoms with Gasteiger partial charge in [-0.25, -0.2) is 9.50 Å². The number of fused-ring (bicyclic) bond motifs is 1. The number of rotatable bonds is 5. The standard InChI is InChI=1S/C14H21N5O/c1-4-14(5-2,9-15)18-13(20)11-8-16-19-7-6-10(3)17-12(11)19/h6-8H,4-5,9,15H2,1-3H3,(H,18,20). The molecule has 108 valence electrons. The van der Waals surface area contributed by atoms with Gasteiger partial charge in [0.05, 0.1) is 11.7 Å². The van der Waals surface area contributed by atoms with Crippen LogP contribution in [0.5, 0.6) is 0 Å². The summed E-state index contributed by atoms with van der Waals surface area (Å²) in [7, 11) is 0. The highest BCUT2D eigenvalue weighted by atomic mass is 16.1. The molecule has 2 aromatic rings. The molecule has 0 saturated carbocycles. The summed E-state index contributed by atoms with van der Waals surface area (Å²) in [4.78, 5) is 16.8. The second kappa shape index (κ2) is 5.58. The van der Waals surface area contributed by atoms with Gasteiger partial charge < -0.3 is 11.1 Å². The van der Waals surface area contributed by atoms with Gasteiger partial charge in [0.25, 0.3) is 5.91 Å². The van der Waals surface area contributed by atoms with E-state index >= 15 is 0 Å². The number of nitrogens with one attached hydrogen (secondary N) is 1. The number of carbonyl (C=O) groups excluding carboxylic acids is 1. The van der Waals surface area contributed by atoms with Gasteiger partial charge in [-0.1, -0.05) is 13.8 Å². The van der Waals surface area contributed by atoms with Crippen LogP contribution >= 0.6 is 0 Å². The van der Waals surface area contributed by atoms with Crippen LogP contribution in [0.4, 0.5) is 0 Å². The second-order valence-electron chi connectivity index (χ2n) is 5.04. The lowest BCUT2D eigenvalue weighted by Crippen LogP contribution is -2.52. The third-order valence-corrected chi connectivity index (χ3v) is 3.88. The van der Waals surface area contributed by atoms with Crippen molar-refractivity contribution in [3.8, 4) is 0 Å². The maximum Gasteiger partial charge on any atom is 0.257 e. The zero-order valence-corrected chi connectivity index (χ0v) is 12.2. The number of nitrogens with zero attached hydrogens (tertiary/aromatic N) is 3. The maximum absolute atomic E-state index is 12.5. The van der Waals surface area contributed by atoms with Crippen LogP contribution in [-0.2, 0) is 0 Å². The van der Waals surface area contributed by atoms with E-state index < -0.39 is 0 Å². The van der Waals surface area contributed by atoms with Crippen molar-refractivity contribution >= 4 is 11.6 Å². The minimum absolute atomic E-state index is 0.174. The van der Waals surface area contributed by atoms with Crippen LogP contribution in [-0.4, -0.2) is 32.6 Å². The predicted octanol–water partition coefficient (Wildman–Crippen LogP) is 1.29. The molecule has 0 fully saturated rings. The summed E-state index contributed by atoms with van der Waals surface area (Å²) in [6, 6.07) is 1.85. The summed E-state index contributed by atoms with van der Waals surface area (Å²) in [6.45, 7) is 6.35. The first-order chi connectivity index (χ1) is 9.55. The third kappa shape index (κ3) is 2.51. The number of nitrogens with two attached hydrogens (primary N) is 1. The SMILES string of the molecule is CCC(CC)(CN)NC(=O)c1cnn2ccc(C)nc12. The monoisotopic (exact) mass is 275 g/mol. The number of aromatic nitrogens is 3. The highest BCUT2D eigenvalue weighted by Gasteiger charge is 2.28. The minimum Gasteiger partial charge on any atom is -0.345 e. The van der Waals surface area contributed by atoms with Crippen molar-refractivity contribution in [2.45, 2.75) is 39.2 Å². The van der Waals surface area contributed by atoms with E-state index in [1.807, 2.05) is 26.8 Å². The van der Waals surface area contributed by atoms with E-state index in [1.165, 1.54) is 0 Å². The first kappa shape index (κ1) is 14.5. The molecule has 0 spiro atoms. The number of hydrogen-bond donors (Lipinski definition) is 2. The zero-order chi connectivity index (χ0) is 14.8. The highest BCUT2D eigenvalue weighted by molar-refractivity contribution is 6.00. The predicted molar refractivity (Wildman–Crippen MR) is 77.6 cm³/mol. The Bertz CT molecular complexity index is 607. The first-order valence-corrected chi connectivity index (χ1v) is 6.89. The van der Waals surface area contributed by atoms with E-state index in [0.29, 0.717) is 17.8 Å². The van der Waals surface area contributed by atoms with E-state index in [9.17, 15) is 4.79 Å². The smallest absolute Gasteiger partial charge is 0.257 e. The zero-order valence-electron chi connectivity index (χ0n) is 12.2. The molecule has 6 nitrogen and oxygen atoms in total. The van der Waals surface area contributed by atoms with Gasteiger partial charge >= 0.3 is 0 Å². The van der Waals surface area contributed by atoms with Gasteiger partial charge in [0, 0.05) is 18.4 Å². The number of hydrogen-bond acceptors (Lipinski definition) is 4. The summed E-state index contributed by atoms with van der Waals surface area (Å²) < 4.78 is 1.60. The second-order valence-corrected chi connectivity index (χ2v) is 5.04. The molecule has 0 aliphatic carbocycles. The summed E-state index contributed by atoms with van der Waals surface area (Å²) in [5, 5.41) is 7.19. The van der Waals surface area contributed by atoms with E-state index in [-0.39, 0.29) is 11.4 Å². The van der Waals surface area contributed by atoms with E-state index in [2.05, 4.69) is 15.4 Å². The molecule has 0 aliphatic rings. The van der Waals surface area contributed by atoms with E-state index in [0.717, 1.165) is 18.5 Å². The third-order valence-electron chi connectivity index (χ3n) is 3.88. The largest absolute Gasteiger partial charge is 0.345 e. The van der Waals surface area contributed by atoms with Gasteiger partial charge in [-0.3, -0.25) is 4.79 Å². The lowest BCUT2D eigenvalue weighted by Gasteiger charge is -2.31. The minimum atomic E-state index is -0.366. The van der Waals surface area contributed by atoms with Crippen molar-refractivity contribution in [2.75, 3.05) is 6.54 Å². The fourth-order valence-electron chi connectivity index (χ4n) is 2.19. The molecule has 2 aromatic heterocycles. The Morgan fingerprint density at radius 2 is 2.15 bits per heavy atom. The summed E-state index contributed by atoms with van der Waals surface area (Å²) in [5.41, 5.74) is 7.35. The Kier molecular flexibility index (Phi) is 4.04. The van der Waals surface area contributed by atoms with Crippen LogP contribution in [0.3, 0.4) is 0 Å². The Hall–Kier alpha value is -1.95. The van der Waals surface area contributed by atoms with Crippen LogP contribution in [0, 0.1) is 6.92 Å². The van der Waals surface area contributed by atoms with Crippen molar-refractivity contribution in [3.05, 3.63) is 29.7 Å². The molecule has 0 radical (unpaired) electrons. The normalized spacial score (nSPS) is 11.8. The molecule has 0 unspecified atom stereocenters. The highest BCUT2D eigenvalue weighted by Crippen LogP contribution is 2.16. The van der Waals surface area contributed by atoms with E-state index in [1.54, 1.807) is 16.9 Å².